The van der Waals surface area contributed by atoms with E-state index in [1.54, 1.807) is 13.8 Å². The Labute approximate surface area is 122 Å². The van der Waals surface area contributed by atoms with Crippen LogP contribution < -0.4 is 4.72 Å². The largest absolute Gasteiger partial charge is 0.480 e. The molecule has 0 amide bonds. The van der Waals surface area contributed by atoms with Crippen molar-refractivity contribution < 1.29 is 32.3 Å². The summed E-state index contributed by atoms with van der Waals surface area (Å²) in [7, 11) is -4.16. The van der Waals surface area contributed by atoms with Gasteiger partial charge in [-0.3, -0.25) is 4.79 Å². The van der Waals surface area contributed by atoms with E-state index in [2.05, 4.69) is 4.74 Å². The molecule has 0 aliphatic carbocycles. The Balaban J connectivity index is 2.92. The van der Waals surface area contributed by atoms with E-state index >= 15 is 0 Å². The fraction of sp³-hybridized carbons (Fsp3) is 0.500. The number of nitrogens with one attached hydrogen (secondary N) is 1. The normalized spacial score (nSPS) is 12.9. The first-order valence-electron chi connectivity index (χ1n) is 6.33. The molecule has 21 heavy (non-hydrogen) atoms. The second-order valence-electron chi connectivity index (χ2n) is 4.14. The molecule has 1 aromatic rings. The number of sulfonamides is 1. The Bertz CT molecular complexity index is 605. The van der Waals surface area contributed by atoms with Crippen molar-refractivity contribution in [2.45, 2.75) is 37.8 Å². The van der Waals surface area contributed by atoms with Gasteiger partial charge < -0.3 is 14.3 Å². The lowest BCUT2D eigenvalue weighted by Gasteiger charge is -2.12. The molecule has 1 rings (SSSR count). The minimum Gasteiger partial charge on any atom is -0.480 e. The van der Waals surface area contributed by atoms with Crippen LogP contribution in [0, 0.1) is 0 Å². The van der Waals surface area contributed by atoms with Crippen molar-refractivity contribution in [2.75, 3.05) is 6.61 Å². The Morgan fingerprint density at radius 1 is 1.38 bits per heavy atom. The van der Waals surface area contributed by atoms with E-state index in [0.29, 0.717) is 6.42 Å². The molecule has 0 aliphatic heterocycles. The van der Waals surface area contributed by atoms with Crippen LogP contribution in [-0.2, 0) is 19.6 Å². The van der Waals surface area contributed by atoms with Crippen LogP contribution in [0.2, 0.25) is 0 Å². The fourth-order valence-corrected chi connectivity index (χ4v) is 2.70. The summed E-state index contributed by atoms with van der Waals surface area (Å²) in [6, 6.07) is 0.970. The number of carboxylic acid groups (broad SMARTS) is 1. The van der Waals surface area contributed by atoms with E-state index in [1.807, 2.05) is 4.72 Å². The molecule has 0 saturated carbocycles. The summed E-state index contributed by atoms with van der Waals surface area (Å²) >= 11 is 0. The van der Waals surface area contributed by atoms with Gasteiger partial charge in [0.05, 0.1) is 6.61 Å². The van der Waals surface area contributed by atoms with Crippen LogP contribution in [0.1, 0.15) is 37.2 Å². The number of esters is 1. The number of carbonyl (C=O) groups is 2. The molecule has 8 nitrogen and oxygen atoms in total. The van der Waals surface area contributed by atoms with Crippen molar-refractivity contribution in [1.82, 2.24) is 4.72 Å². The maximum absolute atomic E-state index is 12.0. The van der Waals surface area contributed by atoms with Gasteiger partial charge in [0.1, 0.15) is 6.04 Å². The predicted octanol–water partition coefficient (Wildman–Crippen LogP) is 0.988. The summed E-state index contributed by atoms with van der Waals surface area (Å²) in [6.45, 7) is 3.45. The van der Waals surface area contributed by atoms with Crippen LogP contribution in [0.5, 0.6) is 0 Å². The van der Waals surface area contributed by atoms with Crippen molar-refractivity contribution in [3.05, 3.63) is 17.9 Å². The van der Waals surface area contributed by atoms with E-state index in [-0.39, 0.29) is 18.8 Å². The van der Waals surface area contributed by atoms with Crippen LogP contribution in [0.25, 0.3) is 0 Å². The lowest BCUT2D eigenvalue weighted by atomic mass is 10.2. The topological polar surface area (TPSA) is 123 Å². The van der Waals surface area contributed by atoms with Gasteiger partial charge in [-0.15, -0.1) is 0 Å². The Kier molecular flexibility index (Phi) is 5.91. The number of hydrogen-bond donors (Lipinski definition) is 2. The highest BCUT2D eigenvalue weighted by molar-refractivity contribution is 7.89. The summed E-state index contributed by atoms with van der Waals surface area (Å²) in [4.78, 5) is 22.4. The number of aliphatic carboxylic acids is 1. The molecule has 1 aromatic heterocycles. The maximum atomic E-state index is 12.0. The molecule has 118 valence electrons. The monoisotopic (exact) mass is 319 g/mol. The number of carboxylic acids is 1. The summed E-state index contributed by atoms with van der Waals surface area (Å²) in [6.07, 6.45) is 0.631. The van der Waals surface area contributed by atoms with Crippen molar-refractivity contribution >= 4 is 22.0 Å². The van der Waals surface area contributed by atoms with Gasteiger partial charge in [0.15, 0.2) is 0 Å². The van der Waals surface area contributed by atoms with Gasteiger partial charge in [0.2, 0.25) is 10.9 Å². The van der Waals surface area contributed by atoms with Crippen LogP contribution in [-0.4, -0.2) is 38.1 Å². The minimum absolute atomic E-state index is 0.122. The summed E-state index contributed by atoms with van der Waals surface area (Å²) in [5.41, 5.74) is 0. The first-order valence-corrected chi connectivity index (χ1v) is 7.82. The van der Waals surface area contributed by atoms with Crippen LogP contribution in [0.4, 0.5) is 0 Å². The Morgan fingerprint density at radius 2 is 2.05 bits per heavy atom. The molecule has 0 radical (unpaired) electrons. The van der Waals surface area contributed by atoms with Gasteiger partial charge >= 0.3 is 11.9 Å². The average molecular weight is 319 g/mol. The highest BCUT2D eigenvalue weighted by Crippen LogP contribution is 2.16. The number of ether oxygens (including phenoxy) is 1. The first-order chi connectivity index (χ1) is 9.81. The Morgan fingerprint density at radius 3 is 2.57 bits per heavy atom. The van der Waals surface area contributed by atoms with Gasteiger partial charge in [0, 0.05) is 0 Å². The third-order valence-corrected chi connectivity index (χ3v) is 3.84. The first kappa shape index (κ1) is 17.2. The van der Waals surface area contributed by atoms with Gasteiger partial charge in [-0.05, 0) is 25.5 Å². The molecule has 1 unspecified atom stereocenters. The minimum atomic E-state index is -4.16. The maximum Gasteiger partial charge on any atom is 0.374 e. The van der Waals surface area contributed by atoms with Crippen LogP contribution >= 0.6 is 0 Å². The van der Waals surface area contributed by atoms with Crippen molar-refractivity contribution in [3.8, 4) is 0 Å². The molecule has 2 N–H and O–H groups in total. The molecule has 9 heteroatoms. The van der Waals surface area contributed by atoms with E-state index in [1.165, 1.54) is 0 Å². The highest BCUT2D eigenvalue weighted by Gasteiger charge is 2.28. The zero-order valence-electron chi connectivity index (χ0n) is 11.7. The van der Waals surface area contributed by atoms with Crippen molar-refractivity contribution in [2.24, 2.45) is 0 Å². The predicted molar refractivity (Wildman–Crippen MR) is 71.3 cm³/mol. The molecule has 0 aliphatic rings. The van der Waals surface area contributed by atoms with E-state index in [9.17, 15) is 18.0 Å². The standard InChI is InChI=1S/C12H17NO7S/c1-3-5-8(11(14)15)13-21(17,18)10-7-6-9(20-10)12(16)19-4-2/h6-8,13H,3-5H2,1-2H3,(H,14,15). The van der Waals surface area contributed by atoms with Crippen LogP contribution in [0.15, 0.2) is 21.6 Å². The van der Waals surface area contributed by atoms with Gasteiger partial charge in [-0.2, -0.15) is 4.72 Å². The molecule has 1 heterocycles. The highest BCUT2D eigenvalue weighted by atomic mass is 32.2. The molecule has 0 spiro atoms. The third-order valence-electron chi connectivity index (χ3n) is 2.50. The van der Waals surface area contributed by atoms with E-state index in [0.717, 1.165) is 12.1 Å². The van der Waals surface area contributed by atoms with Gasteiger partial charge in [-0.25, -0.2) is 13.2 Å². The van der Waals surface area contributed by atoms with Crippen molar-refractivity contribution in [3.63, 3.8) is 0 Å². The summed E-state index contributed by atoms with van der Waals surface area (Å²) in [5, 5.41) is 8.41. The third kappa shape index (κ3) is 4.57. The lowest BCUT2D eigenvalue weighted by Crippen LogP contribution is -2.40. The molecule has 0 fully saturated rings. The lowest BCUT2D eigenvalue weighted by molar-refractivity contribution is -0.139. The summed E-state index contributed by atoms with van der Waals surface area (Å²) in [5.74, 6) is -2.33. The molecule has 0 saturated heterocycles. The summed E-state index contributed by atoms with van der Waals surface area (Å²) < 4.78 is 35.6. The molecular weight excluding hydrogens is 302 g/mol. The fourth-order valence-electron chi connectivity index (χ4n) is 1.54. The zero-order valence-corrected chi connectivity index (χ0v) is 12.5. The number of carbonyl (C=O) groups excluding carboxylic acids is 1. The molecular formula is C12H17NO7S. The van der Waals surface area contributed by atoms with Crippen molar-refractivity contribution in [1.29, 1.82) is 0 Å². The number of hydrogen-bond acceptors (Lipinski definition) is 6. The zero-order chi connectivity index (χ0) is 16.0. The number of rotatable bonds is 8. The SMILES string of the molecule is CCCC(NS(=O)(=O)c1ccc(C(=O)OCC)o1)C(=O)O. The van der Waals surface area contributed by atoms with Gasteiger partial charge in [0.25, 0.3) is 10.0 Å². The van der Waals surface area contributed by atoms with E-state index in [4.69, 9.17) is 9.52 Å². The second-order valence-corrected chi connectivity index (χ2v) is 5.78. The van der Waals surface area contributed by atoms with Crippen LogP contribution in [0.3, 0.4) is 0 Å². The van der Waals surface area contributed by atoms with Gasteiger partial charge in [-0.1, -0.05) is 13.3 Å². The number of furan rings is 1. The smallest absolute Gasteiger partial charge is 0.374 e. The second kappa shape index (κ2) is 7.23. The Hall–Kier alpha value is -1.87. The average Bonchev–Trinajstić information content (AvgIpc) is 2.88. The quantitative estimate of drug-likeness (QED) is 0.685. The van der Waals surface area contributed by atoms with E-state index < -0.39 is 33.1 Å². The molecule has 1 atom stereocenters. The molecule has 0 bridgehead atoms. The molecule has 0 aromatic carbocycles.